The van der Waals surface area contributed by atoms with E-state index in [1.165, 1.54) is 11.8 Å². The monoisotopic (exact) mass is 488 g/mol. The van der Waals surface area contributed by atoms with Crippen LogP contribution in [-0.4, -0.2) is 76.9 Å². The lowest BCUT2D eigenvalue weighted by Gasteiger charge is -2.50. The van der Waals surface area contributed by atoms with Crippen LogP contribution in [0.15, 0.2) is 36.5 Å². The molecule has 2 aromatic rings. The minimum Gasteiger partial charge on any atom is -0.475 e. The van der Waals surface area contributed by atoms with Gasteiger partial charge >= 0.3 is 12.1 Å². The van der Waals surface area contributed by atoms with Crippen molar-refractivity contribution in [3.8, 4) is 11.3 Å². The number of alkyl halides is 3. The lowest BCUT2D eigenvalue weighted by atomic mass is 9.84. The average Bonchev–Trinajstić information content (AvgIpc) is 3.19. The fourth-order valence-corrected chi connectivity index (χ4v) is 5.42. The number of benzene rings is 1. The first-order valence-electron chi connectivity index (χ1n) is 10.5. The molecule has 33 heavy (non-hydrogen) atoms. The Morgan fingerprint density at radius 1 is 1.12 bits per heavy atom. The molecule has 1 N–H and O–H groups in total. The summed E-state index contributed by atoms with van der Waals surface area (Å²) >= 11 is 0. The molecule has 1 saturated heterocycles. The summed E-state index contributed by atoms with van der Waals surface area (Å²) in [7, 11) is -3.13. The van der Waals surface area contributed by atoms with E-state index in [4.69, 9.17) is 14.9 Å². The van der Waals surface area contributed by atoms with Gasteiger partial charge in [0.05, 0.1) is 23.7 Å². The molecule has 0 bridgehead atoms. The minimum absolute atomic E-state index is 0.165. The number of carbonyl (C=O) groups is 1. The Labute approximate surface area is 190 Å². The number of hydrogen-bond donors (Lipinski definition) is 1. The normalized spacial score (nSPS) is 18.9. The number of halogens is 3. The van der Waals surface area contributed by atoms with Crippen molar-refractivity contribution < 1.29 is 31.5 Å². The van der Waals surface area contributed by atoms with Crippen LogP contribution in [-0.2, 0) is 26.9 Å². The van der Waals surface area contributed by atoms with Crippen LogP contribution >= 0.6 is 0 Å². The van der Waals surface area contributed by atoms with Gasteiger partial charge in [0.15, 0.2) is 0 Å². The molecule has 3 heterocycles. The number of likely N-dealkylation sites (N-methyl/N-ethyl adjacent to an activating group) is 1. The van der Waals surface area contributed by atoms with Gasteiger partial charge in [0.25, 0.3) is 0 Å². The number of carboxylic acids is 1. The number of sulfonamides is 1. The van der Waals surface area contributed by atoms with E-state index in [0.717, 1.165) is 44.0 Å². The van der Waals surface area contributed by atoms with Crippen LogP contribution in [0.4, 0.5) is 13.2 Å². The van der Waals surface area contributed by atoms with Crippen LogP contribution in [0.2, 0.25) is 0 Å². The van der Waals surface area contributed by atoms with Crippen molar-refractivity contribution >= 4 is 16.0 Å². The Morgan fingerprint density at radius 2 is 1.70 bits per heavy atom. The van der Waals surface area contributed by atoms with E-state index >= 15 is 0 Å². The maximum absolute atomic E-state index is 11.9. The molecule has 1 aromatic carbocycles. The molecular weight excluding hydrogens is 461 g/mol. The molecule has 182 valence electrons. The van der Waals surface area contributed by atoms with Crippen molar-refractivity contribution in [2.75, 3.05) is 32.4 Å². The van der Waals surface area contributed by atoms with E-state index in [1.807, 2.05) is 12.3 Å². The number of fused-ring (bicyclic) bond motifs is 2. The van der Waals surface area contributed by atoms with E-state index in [1.54, 1.807) is 4.31 Å². The molecule has 0 atom stereocenters. The number of nitrogens with zero attached hydrogens (tertiary/aromatic N) is 4. The predicted octanol–water partition coefficient (Wildman–Crippen LogP) is 2.77. The average molecular weight is 489 g/mol. The second-order valence-electron chi connectivity index (χ2n) is 8.06. The topological polar surface area (TPSA) is 95.7 Å². The lowest BCUT2D eigenvalue weighted by Crippen LogP contribution is -2.58. The van der Waals surface area contributed by atoms with Gasteiger partial charge in [0, 0.05) is 26.2 Å². The number of carboxylic acid groups (broad SMARTS) is 1. The van der Waals surface area contributed by atoms with Gasteiger partial charge in [-0.2, -0.15) is 13.2 Å². The summed E-state index contributed by atoms with van der Waals surface area (Å²) in [6.45, 7) is 6.14. The molecule has 12 heteroatoms. The van der Waals surface area contributed by atoms with Crippen LogP contribution in [0.3, 0.4) is 0 Å². The van der Waals surface area contributed by atoms with Gasteiger partial charge in [0.1, 0.15) is 5.82 Å². The first kappa shape index (κ1) is 25.2. The molecule has 4 rings (SSSR count). The number of piperidine rings is 1. The largest absolute Gasteiger partial charge is 0.490 e. The lowest BCUT2D eigenvalue weighted by molar-refractivity contribution is -0.192. The van der Waals surface area contributed by atoms with Gasteiger partial charge in [-0.3, -0.25) is 4.90 Å². The molecule has 1 aromatic heterocycles. The van der Waals surface area contributed by atoms with Gasteiger partial charge in [-0.25, -0.2) is 22.5 Å². The standard InChI is InChI=1S/C19H26N4O2S.C2HF3O2/c1-3-21-13-14-23-17(16-7-5-4-6-8-16)15-20-18(23)19(21)9-11-22(12-10-19)26(2,24)25;3-2(4,5)1(6)7/h4-8,15H,3,9-14H2,1-2H3;(H,6,7). The quantitative estimate of drug-likeness (QED) is 0.714. The summed E-state index contributed by atoms with van der Waals surface area (Å²) in [5.41, 5.74) is 2.17. The van der Waals surface area contributed by atoms with E-state index in [9.17, 15) is 21.6 Å². The summed E-state index contributed by atoms with van der Waals surface area (Å²) in [5, 5.41) is 7.12. The number of hydrogen-bond acceptors (Lipinski definition) is 5. The zero-order chi connectivity index (χ0) is 24.4. The first-order chi connectivity index (χ1) is 15.4. The van der Waals surface area contributed by atoms with Crippen molar-refractivity contribution in [1.82, 2.24) is 18.8 Å². The zero-order valence-electron chi connectivity index (χ0n) is 18.4. The zero-order valence-corrected chi connectivity index (χ0v) is 19.2. The van der Waals surface area contributed by atoms with Crippen molar-refractivity contribution in [1.29, 1.82) is 0 Å². The van der Waals surface area contributed by atoms with E-state index in [2.05, 4.69) is 40.7 Å². The van der Waals surface area contributed by atoms with Crippen LogP contribution in [0.25, 0.3) is 11.3 Å². The minimum atomic E-state index is -5.08. The Hall–Kier alpha value is -2.44. The SMILES string of the molecule is CCN1CCn2c(-c3ccccc3)cnc2C12CCN(S(C)(=O)=O)CC2.O=C(O)C(F)(F)F. The number of aromatic nitrogens is 2. The molecule has 0 unspecified atom stereocenters. The van der Waals surface area contributed by atoms with Gasteiger partial charge in [-0.15, -0.1) is 0 Å². The van der Waals surface area contributed by atoms with Crippen molar-refractivity contribution in [3.63, 3.8) is 0 Å². The van der Waals surface area contributed by atoms with Gasteiger partial charge in [0.2, 0.25) is 10.0 Å². The first-order valence-corrected chi connectivity index (χ1v) is 12.4. The van der Waals surface area contributed by atoms with Crippen LogP contribution in [0, 0.1) is 0 Å². The molecular formula is C21H27F3N4O4S. The molecule has 1 spiro atoms. The molecule has 0 aliphatic carbocycles. The van der Waals surface area contributed by atoms with Crippen LogP contribution in [0.1, 0.15) is 25.6 Å². The van der Waals surface area contributed by atoms with E-state index in [-0.39, 0.29) is 5.54 Å². The highest BCUT2D eigenvalue weighted by atomic mass is 32.2. The Morgan fingerprint density at radius 3 is 2.18 bits per heavy atom. The smallest absolute Gasteiger partial charge is 0.475 e. The Bertz CT molecular complexity index is 1080. The second-order valence-corrected chi connectivity index (χ2v) is 10.0. The second kappa shape index (κ2) is 9.43. The molecule has 2 aliphatic rings. The Balaban J connectivity index is 0.000000383. The fourth-order valence-electron chi connectivity index (χ4n) is 4.58. The molecule has 0 amide bonds. The maximum Gasteiger partial charge on any atom is 0.490 e. The van der Waals surface area contributed by atoms with Crippen LogP contribution in [0.5, 0.6) is 0 Å². The highest BCUT2D eigenvalue weighted by Crippen LogP contribution is 2.42. The maximum atomic E-state index is 11.9. The predicted molar refractivity (Wildman–Crippen MR) is 116 cm³/mol. The molecule has 0 saturated carbocycles. The third-order valence-electron chi connectivity index (χ3n) is 6.18. The molecule has 1 fully saturated rings. The number of rotatable bonds is 3. The van der Waals surface area contributed by atoms with Gasteiger partial charge < -0.3 is 9.67 Å². The fraction of sp³-hybridized carbons (Fsp3) is 0.524. The molecule has 0 radical (unpaired) electrons. The van der Waals surface area contributed by atoms with Gasteiger partial charge in [-0.05, 0) is 24.9 Å². The highest BCUT2D eigenvalue weighted by molar-refractivity contribution is 7.88. The number of imidazole rings is 1. The van der Waals surface area contributed by atoms with Crippen molar-refractivity contribution in [3.05, 3.63) is 42.4 Å². The van der Waals surface area contributed by atoms with Crippen molar-refractivity contribution in [2.45, 2.75) is 38.0 Å². The van der Waals surface area contributed by atoms with Gasteiger partial charge in [-0.1, -0.05) is 37.3 Å². The molecule has 2 aliphatic heterocycles. The Kier molecular flexibility index (Phi) is 7.20. The van der Waals surface area contributed by atoms with E-state index < -0.39 is 22.2 Å². The molecule has 8 nitrogen and oxygen atoms in total. The summed E-state index contributed by atoms with van der Waals surface area (Å²) in [5.74, 6) is -1.66. The van der Waals surface area contributed by atoms with E-state index in [0.29, 0.717) is 13.1 Å². The summed E-state index contributed by atoms with van der Waals surface area (Å²) in [6, 6.07) is 10.4. The third kappa shape index (κ3) is 5.22. The third-order valence-corrected chi connectivity index (χ3v) is 7.49. The summed E-state index contributed by atoms with van der Waals surface area (Å²) < 4.78 is 59.6. The number of aliphatic carboxylic acids is 1. The summed E-state index contributed by atoms with van der Waals surface area (Å²) in [4.78, 5) is 16.2. The van der Waals surface area contributed by atoms with Crippen LogP contribution < -0.4 is 0 Å². The summed E-state index contributed by atoms with van der Waals surface area (Å²) in [6.07, 6.45) is -0.218. The highest BCUT2D eigenvalue weighted by Gasteiger charge is 2.47. The van der Waals surface area contributed by atoms with Crippen molar-refractivity contribution in [2.24, 2.45) is 0 Å².